The Hall–Kier alpha value is -0.870. The van der Waals surface area contributed by atoms with Gasteiger partial charge >= 0.3 is 6.16 Å². The van der Waals surface area contributed by atoms with E-state index in [1.807, 2.05) is 0 Å². The molecule has 5 heteroatoms. The Morgan fingerprint density at radius 2 is 2.20 bits per heavy atom. The molecule has 0 aromatic heterocycles. The molecule has 10 heavy (non-hydrogen) atoms. The maximum atomic E-state index is 12.3. The highest BCUT2D eigenvalue weighted by Gasteiger charge is 2.36. The van der Waals surface area contributed by atoms with Gasteiger partial charge in [-0.05, 0) is 0 Å². The molecule has 1 rings (SSSR count). The van der Waals surface area contributed by atoms with E-state index in [0.29, 0.717) is 0 Å². The first-order valence-corrected chi connectivity index (χ1v) is 2.81. The van der Waals surface area contributed by atoms with Crippen LogP contribution in [-0.4, -0.2) is 25.3 Å². The summed E-state index contributed by atoms with van der Waals surface area (Å²) in [5.74, 6) is 0. The number of cyclic esters (lactones) is 2. The third-order valence-electron chi connectivity index (χ3n) is 1.14. The van der Waals surface area contributed by atoms with Gasteiger partial charge in [-0.2, -0.15) is 4.39 Å². The van der Waals surface area contributed by atoms with Gasteiger partial charge in [-0.15, -0.1) is 0 Å². The molecule has 1 aliphatic heterocycles. The van der Waals surface area contributed by atoms with Gasteiger partial charge in [0.2, 0.25) is 0 Å². The highest BCUT2D eigenvalue weighted by molar-refractivity contribution is 5.62. The largest absolute Gasteiger partial charge is 0.511 e. The maximum absolute atomic E-state index is 12.3. The monoisotopic (exact) mass is 152 g/mol. The second kappa shape index (κ2) is 2.81. The van der Waals surface area contributed by atoms with Gasteiger partial charge in [-0.1, -0.05) is 0 Å². The van der Waals surface area contributed by atoms with E-state index >= 15 is 0 Å². The van der Waals surface area contributed by atoms with E-state index in [-0.39, 0.29) is 6.42 Å². The lowest BCUT2D eigenvalue weighted by atomic mass is 10.3. The highest BCUT2D eigenvalue weighted by Crippen LogP contribution is 2.18. The summed E-state index contributed by atoms with van der Waals surface area (Å²) in [7, 11) is 0. The molecule has 1 heterocycles. The standard InChI is InChI=1S/C5H6F2O3/c6-2-1-3-4(7)10-5(8)9-3/h3-4H,1-2H2. The summed E-state index contributed by atoms with van der Waals surface area (Å²) in [5.41, 5.74) is 0. The zero-order chi connectivity index (χ0) is 7.56. The van der Waals surface area contributed by atoms with Gasteiger partial charge in [0.25, 0.3) is 6.36 Å². The number of carbonyl (C=O) groups excluding carboxylic acids is 1. The molecule has 3 nitrogen and oxygen atoms in total. The van der Waals surface area contributed by atoms with E-state index in [4.69, 9.17) is 0 Å². The number of alkyl halides is 2. The van der Waals surface area contributed by atoms with Crippen molar-refractivity contribution in [3.8, 4) is 0 Å². The van der Waals surface area contributed by atoms with Gasteiger partial charge in [0.15, 0.2) is 6.10 Å². The lowest BCUT2D eigenvalue weighted by Crippen LogP contribution is -2.17. The Labute approximate surface area is 55.9 Å². The highest BCUT2D eigenvalue weighted by atomic mass is 19.1. The van der Waals surface area contributed by atoms with Crippen LogP contribution in [0.3, 0.4) is 0 Å². The van der Waals surface area contributed by atoms with Crippen LogP contribution in [0.15, 0.2) is 0 Å². The molecule has 2 unspecified atom stereocenters. The Morgan fingerprint density at radius 1 is 1.50 bits per heavy atom. The van der Waals surface area contributed by atoms with Crippen molar-refractivity contribution in [2.75, 3.05) is 6.67 Å². The lowest BCUT2D eigenvalue weighted by Gasteiger charge is -2.03. The number of carbonyl (C=O) groups is 1. The summed E-state index contributed by atoms with van der Waals surface area (Å²) in [6, 6.07) is 0. The van der Waals surface area contributed by atoms with E-state index in [2.05, 4.69) is 9.47 Å². The van der Waals surface area contributed by atoms with Crippen LogP contribution in [0, 0.1) is 0 Å². The lowest BCUT2D eigenvalue weighted by molar-refractivity contribution is 0.0262. The summed E-state index contributed by atoms with van der Waals surface area (Å²) < 4.78 is 32.0. The van der Waals surface area contributed by atoms with Crippen molar-refractivity contribution in [2.45, 2.75) is 18.9 Å². The van der Waals surface area contributed by atoms with Gasteiger partial charge in [0, 0.05) is 6.42 Å². The fourth-order valence-corrected chi connectivity index (χ4v) is 0.670. The molecular weight excluding hydrogens is 146 g/mol. The molecule has 0 bridgehead atoms. The SMILES string of the molecule is O=C1OC(F)C(CCF)O1. The summed E-state index contributed by atoms with van der Waals surface area (Å²) in [5, 5.41) is 0. The van der Waals surface area contributed by atoms with Crippen LogP contribution in [0.4, 0.5) is 13.6 Å². The Bertz CT molecular complexity index is 139. The molecule has 1 fully saturated rings. The molecule has 0 saturated carbocycles. The van der Waals surface area contributed by atoms with E-state index in [0.717, 1.165) is 0 Å². The number of halogens is 2. The van der Waals surface area contributed by atoms with Crippen LogP contribution < -0.4 is 0 Å². The Kier molecular flexibility index (Phi) is 2.03. The van der Waals surface area contributed by atoms with Crippen molar-refractivity contribution in [1.29, 1.82) is 0 Å². The zero-order valence-electron chi connectivity index (χ0n) is 5.05. The van der Waals surface area contributed by atoms with Crippen molar-refractivity contribution in [3.63, 3.8) is 0 Å². The average molecular weight is 152 g/mol. The molecule has 0 aliphatic carbocycles. The molecule has 0 spiro atoms. The predicted octanol–water partition coefficient (Wildman–Crippen LogP) is 1.18. The van der Waals surface area contributed by atoms with Gasteiger partial charge < -0.3 is 9.47 Å². The number of hydrogen-bond acceptors (Lipinski definition) is 3. The molecule has 0 radical (unpaired) electrons. The minimum atomic E-state index is -1.80. The molecule has 0 N–H and O–H groups in total. The molecule has 2 atom stereocenters. The molecule has 0 aromatic rings. The first-order chi connectivity index (χ1) is 4.74. The number of hydrogen-bond donors (Lipinski definition) is 0. The van der Waals surface area contributed by atoms with Gasteiger partial charge in [0.05, 0.1) is 6.67 Å². The number of ether oxygens (including phenoxy) is 2. The molecular formula is C5H6F2O3. The van der Waals surface area contributed by atoms with E-state index in [9.17, 15) is 13.6 Å². The Morgan fingerprint density at radius 3 is 2.60 bits per heavy atom. The summed E-state index contributed by atoms with van der Waals surface area (Å²) >= 11 is 0. The predicted molar refractivity (Wildman–Crippen MR) is 26.8 cm³/mol. The van der Waals surface area contributed by atoms with Crippen LogP contribution in [0.25, 0.3) is 0 Å². The van der Waals surface area contributed by atoms with Crippen LogP contribution >= 0.6 is 0 Å². The van der Waals surface area contributed by atoms with Gasteiger partial charge in [0.1, 0.15) is 0 Å². The van der Waals surface area contributed by atoms with Gasteiger partial charge in [-0.3, -0.25) is 4.39 Å². The normalized spacial score (nSPS) is 31.6. The fraction of sp³-hybridized carbons (Fsp3) is 0.800. The van der Waals surface area contributed by atoms with Crippen LogP contribution in [0.2, 0.25) is 0 Å². The fourth-order valence-electron chi connectivity index (χ4n) is 0.670. The third-order valence-corrected chi connectivity index (χ3v) is 1.14. The van der Waals surface area contributed by atoms with Crippen LogP contribution in [-0.2, 0) is 9.47 Å². The van der Waals surface area contributed by atoms with Crippen molar-refractivity contribution in [2.24, 2.45) is 0 Å². The van der Waals surface area contributed by atoms with E-state index in [1.54, 1.807) is 0 Å². The first kappa shape index (κ1) is 7.24. The minimum Gasteiger partial charge on any atom is -0.424 e. The molecule has 1 saturated heterocycles. The summed E-state index contributed by atoms with van der Waals surface area (Å²) in [4.78, 5) is 10.1. The third kappa shape index (κ3) is 1.34. The van der Waals surface area contributed by atoms with E-state index < -0.39 is 25.3 Å². The van der Waals surface area contributed by atoms with Crippen molar-refractivity contribution < 1.29 is 23.0 Å². The molecule has 0 amide bonds. The first-order valence-electron chi connectivity index (χ1n) is 2.81. The second-order valence-electron chi connectivity index (χ2n) is 1.85. The Balaban J connectivity index is 2.38. The van der Waals surface area contributed by atoms with Crippen LogP contribution in [0.5, 0.6) is 0 Å². The summed E-state index contributed by atoms with van der Waals surface area (Å²) in [6.07, 6.45) is -4.07. The zero-order valence-corrected chi connectivity index (χ0v) is 5.05. The second-order valence-corrected chi connectivity index (χ2v) is 1.85. The smallest absolute Gasteiger partial charge is 0.424 e. The van der Waals surface area contributed by atoms with Crippen molar-refractivity contribution >= 4 is 6.16 Å². The quantitative estimate of drug-likeness (QED) is 0.557. The minimum absolute atomic E-state index is 0.146. The van der Waals surface area contributed by atoms with E-state index in [1.165, 1.54) is 0 Å². The number of rotatable bonds is 2. The maximum Gasteiger partial charge on any atom is 0.511 e. The average Bonchev–Trinajstić information content (AvgIpc) is 2.13. The van der Waals surface area contributed by atoms with Gasteiger partial charge in [-0.25, -0.2) is 4.79 Å². The summed E-state index contributed by atoms with van der Waals surface area (Å²) in [6.45, 7) is -0.721. The molecule has 0 aromatic carbocycles. The van der Waals surface area contributed by atoms with Crippen molar-refractivity contribution in [1.82, 2.24) is 0 Å². The molecule has 58 valence electrons. The van der Waals surface area contributed by atoms with Crippen LogP contribution in [0.1, 0.15) is 6.42 Å². The topological polar surface area (TPSA) is 35.5 Å². The van der Waals surface area contributed by atoms with Crippen molar-refractivity contribution in [3.05, 3.63) is 0 Å². The molecule has 1 aliphatic rings.